The lowest BCUT2D eigenvalue weighted by atomic mass is 10.0. The lowest BCUT2D eigenvalue weighted by Gasteiger charge is -2.22. The van der Waals surface area contributed by atoms with Gasteiger partial charge < -0.3 is 4.90 Å². The second kappa shape index (κ2) is 6.29. The number of nitrogens with zero attached hydrogens (tertiary/aromatic N) is 2. The van der Waals surface area contributed by atoms with Crippen LogP contribution in [0.1, 0.15) is 19.4 Å². The van der Waals surface area contributed by atoms with Gasteiger partial charge in [0.1, 0.15) is 5.01 Å². The number of aromatic nitrogens is 1. The van der Waals surface area contributed by atoms with Crippen LogP contribution < -0.4 is 4.90 Å². The number of hydrogen-bond donors (Lipinski definition) is 0. The molecule has 2 heterocycles. The number of rotatable bonds is 3. The minimum Gasteiger partial charge on any atom is -0.309 e. The Morgan fingerprint density at radius 1 is 1.15 bits per heavy atom. The molecule has 0 unspecified atom stereocenters. The van der Waals surface area contributed by atoms with Gasteiger partial charge in [-0.1, -0.05) is 12.1 Å². The zero-order valence-electron chi connectivity index (χ0n) is 14.3. The van der Waals surface area contributed by atoms with E-state index in [0.29, 0.717) is 17.0 Å². The fourth-order valence-corrected chi connectivity index (χ4v) is 4.14. The molecule has 3 aromatic rings. The van der Waals surface area contributed by atoms with E-state index in [0.717, 1.165) is 34.6 Å². The van der Waals surface area contributed by atoms with Gasteiger partial charge in [0.05, 0.1) is 12.1 Å². The summed E-state index contributed by atoms with van der Waals surface area (Å²) in [5.41, 5.74) is 4.07. The highest BCUT2D eigenvalue weighted by Gasteiger charge is 2.31. The van der Waals surface area contributed by atoms with Crippen LogP contribution >= 0.6 is 11.3 Å². The highest BCUT2D eigenvalue weighted by atomic mass is 32.1. The van der Waals surface area contributed by atoms with Gasteiger partial charge in [-0.05, 0) is 43.7 Å². The summed E-state index contributed by atoms with van der Waals surface area (Å²) in [5, 5.41) is 2.50. The summed E-state index contributed by atoms with van der Waals surface area (Å²) < 4.78 is 26.6. The topological polar surface area (TPSA) is 33.2 Å². The standard InChI is InChI=1S/C20H16F2N2OS/c1-11(2)24-18-5-3-4-13(14(18)9-19(24)25)17-10-26-20(23-17)12-6-7-15(21)16(22)8-12/h3-8,10-11H,9H2,1-2H3. The molecule has 0 aliphatic carbocycles. The lowest BCUT2D eigenvalue weighted by Crippen LogP contribution is -2.33. The molecule has 0 fully saturated rings. The van der Waals surface area contributed by atoms with Crippen LogP contribution in [-0.2, 0) is 11.2 Å². The van der Waals surface area contributed by atoms with E-state index in [1.807, 2.05) is 42.3 Å². The number of benzene rings is 2. The van der Waals surface area contributed by atoms with Gasteiger partial charge in [-0.2, -0.15) is 0 Å². The molecular formula is C20H16F2N2OS. The second-order valence-corrected chi connectivity index (χ2v) is 7.36. The van der Waals surface area contributed by atoms with Crippen LogP contribution in [0.25, 0.3) is 21.8 Å². The number of fused-ring (bicyclic) bond motifs is 1. The van der Waals surface area contributed by atoms with Gasteiger partial charge >= 0.3 is 0 Å². The summed E-state index contributed by atoms with van der Waals surface area (Å²) >= 11 is 1.37. The second-order valence-electron chi connectivity index (χ2n) is 6.50. The zero-order valence-corrected chi connectivity index (χ0v) is 15.1. The summed E-state index contributed by atoms with van der Waals surface area (Å²) in [5.74, 6) is -1.68. The van der Waals surface area contributed by atoms with E-state index in [-0.39, 0.29) is 11.9 Å². The molecule has 2 aromatic carbocycles. The minimum absolute atomic E-state index is 0.0820. The SMILES string of the molecule is CC(C)N1C(=O)Cc2c(-c3csc(-c4ccc(F)c(F)c4)n3)cccc21. The van der Waals surface area contributed by atoms with Gasteiger partial charge in [-0.15, -0.1) is 11.3 Å². The van der Waals surface area contributed by atoms with E-state index >= 15 is 0 Å². The van der Waals surface area contributed by atoms with Crippen LogP contribution in [0, 0.1) is 11.6 Å². The van der Waals surface area contributed by atoms with Crippen molar-refractivity contribution in [1.29, 1.82) is 0 Å². The van der Waals surface area contributed by atoms with E-state index in [9.17, 15) is 13.6 Å². The minimum atomic E-state index is -0.891. The van der Waals surface area contributed by atoms with Crippen LogP contribution in [0.2, 0.25) is 0 Å². The number of carbonyl (C=O) groups is 1. The number of hydrogen-bond acceptors (Lipinski definition) is 3. The Morgan fingerprint density at radius 2 is 1.96 bits per heavy atom. The first kappa shape index (κ1) is 16.8. The molecule has 132 valence electrons. The number of anilines is 1. The summed E-state index contributed by atoms with van der Waals surface area (Å²) in [6, 6.07) is 9.67. The van der Waals surface area contributed by atoms with Crippen molar-refractivity contribution in [2.45, 2.75) is 26.3 Å². The fraction of sp³-hybridized carbons (Fsp3) is 0.200. The van der Waals surface area contributed by atoms with Crippen LogP contribution in [0.3, 0.4) is 0 Å². The van der Waals surface area contributed by atoms with Crippen molar-refractivity contribution in [3.05, 3.63) is 59.0 Å². The normalized spacial score (nSPS) is 13.6. The third-order valence-corrected chi connectivity index (χ3v) is 5.36. The van der Waals surface area contributed by atoms with E-state index in [1.54, 1.807) is 0 Å². The predicted molar refractivity (Wildman–Crippen MR) is 99.2 cm³/mol. The molecule has 0 N–H and O–H groups in total. The Morgan fingerprint density at radius 3 is 2.69 bits per heavy atom. The summed E-state index contributed by atoms with van der Waals surface area (Å²) in [4.78, 5) is 18.8. The maximum absolute atomic E-state index is 13.5. The van der Waals surface area contributed by atoms with Gasteiger partial charge in [0, 0.05) is 28.2 Å². The van der Waals surface area contributed by atoms with Gasteiger partial charge in [-0.3, -0.25) is 4.79 Å². The van der Waals surface area contributed by atoms with Crippen LogP contribution in [0.15, 0.2) is 41.8 Å². The quantitative estimate of drug-likeness (QED) is 0.646. The number of halogens is 2. The van der Waals surface area contributed by atoms with Crippen LogP contribution in [-0.4, -0.2) is 16.9 Å². The number of carbonyl (C=O) groups excluding carboxylic acids is 1. The third-order valence-electron chi connectivity index (χ3n) is 4.47. The van der Waals surface area contributed by atoms with Crippen molar-refractivity contribution < 1.29 is 13.6 Å². The largest absolute Gasteiger partial charge is 0.309 e. The molecule has 0 saturated heterocycles. The maximum atomic E-state index is 13.5. The molecule has 1 amide bonds. The summed E-state index contributed by atoms with van der Waals surface area (Å²) in [7, 11) is 0. The molecule has 6 heteroatoms. The molecule has 1 aromatic heterocycles. The highest BCUT2D eigenvalue weighted by molar-refractivity contribution is 7.13. The average molecular weight is 370 g/mol. The highest BCUT2D eigenvalue weighted by Crippen LogP contribution is 2.39. The predicted octanol–water partition coefficient (Wildman–Crippen LogP) is 5.05. The molecule has 1 aliphatic rings. The fourth-order valence-electron chi connectivity index (χ4n) is 3.32. The Bertz CT molecular complexity index is 1010. The number of amides is 1. The Labute approximate surface area is 153 Å². The van der Waals surface area contributed by atoms with E-state index in [4.69, 9.17) is 0 Å². The van der Waals surface area contributed by atoms with E-state index in [1.165, 1.54) is 17.4 Å². The molecule has 26 heavy (non-hydrogen) atoms. The first-order valence-electron chi connectivity index (χ1n) is 8.31. The first-order chi connectivity index (χ1) is 12.5. The Kier molecular flexibility index (Phi) is 4.07. The lowest BCUT2D eigenvalue weighted by molar-refractivity contribution is -0.117. The van der Waals surface area contributed by atoms with E-state index in [2.05, 4.69) is 4.98 Å². The molecule has 0 radical (unpaired) electrons. The molecule has 0 saturated carbocycles. The van der Waals surface area contributed by atoms with Crippen LogP contribution in [0.4, 0.5) is 14.5 Å². The average Bonchev–Trinajstić information content (AvgIpc) is 3.20. The first-order valence-corrected chi connectivity index (χ1v) is 9.19. The molecular weight excluding hydrogens is 354 g/mol. The molecule has 0 bridgehead atoms. The smallest absolute Gasteiger partial charge is 0.231 e. The van der Waals surface area contributed by atoms with E-state index < -0.39 is 11.6 Å². The molecule has 4 rings (SSSR count). The van der Waals surface area contributed by atoms with Gasteiger partial charge in [0.15, 0.2) is 11.6 Å². The summed E-state index contributed by atoms with van der Waals surface area (Å²) in [6.45, 7) is 3.98. The maximum Gasteiger partial charge on any atom is 0.231 e. The van der Waals surface area contributed by atoms with Crippen molar-refractivity contribution >= 4 is 22.9 Å². The van der Waals surface area contributed by atoms with Crippen molar-refractivity contribution in [2.75, 3.05) is 4.90 Å². The Balaban J connectivity index is 1.76. The molecule has 0 atom stereocenters. The van der Waals surface area contributed by atoms with Gasteiger partial charge in [-0.25, -0.2) is 13.8 Å². The molecule has 1 aliphatic heterocycles. The van der Waals surface area contributed by atoms with Crippen molar-refractivity contribution in [1.82, 2.24) is 4.98 Å². The van der Waals surface area contributed by atoms with Crippen LogP contribution in [0.5, 0.6) is 0 Å². The zero-order chi connectivity index (χ0) is 18.4. The number of thiazole rings is 1. The van der Waals surface area contributed by atoms with Gasteiger partial charge in [0.2, 0.25) is 5.91 Å². The summed E-state index contributed by atoms with van der Waals surface area (Å²) in [6.07, 6.45) is 0.349. The van der Waals surface area contributed by atoms with Crippen molar-refractivity contribution in [3.8, 4) is 21.8 Å². The molecule has 3 nitrogen and oxygen atoms in total. The van der Waals surface area contributed by atoms with Crippen molar-refractivity contribution in [2.24, 2.45) is 0 Å². The molecule has 0 spiro atoms. The van der Waals surface area contributed by atoms with Gasteiger partial charge in [0.25, 0.3) is 0 Å². The monoisotopic (exact) mass is 370 g/mol. The third kappa shape index (κ3) is 2.70. The Hall–Kier alpha value is -2.60. The van der Waals surface area contributed by atoms with Crippen molar-refractivity contribution in [3.63, 3.8) is 0 Å².